The highest BCUT2D eigenvalue weighted by molar-refractivity contribution is 9.10. The largest absolute Gasteiger partial charge is 0.294 e. The Labute approximate surface area is 140 Å². The summed E-state index contributed by atoms with van der Waals surface area (Å²) in [5.74, 6) is 0. The standard InChI is InChI=1S/C17H13BrN4O/c1-21-16-14(15(18)20-21)17(23)22(10-19-16)9-12-7-4-6-11-5-2-3-8-13(11)12/h2-8,10H,9H2,1H3. The minimum Gasteiger partial charge on any atom is -0.294 e. The lowest BCUT2D eigenvalue weighted by Gasteiger charge is -2.09. The first-order chi connectivity index (χ1) is 11.1. The third-order valence-electron chi connectivity index (χ3n) is 3.99. The number of hydrogen-bond acceptors (Lipinski definition) is 3. The molecule has 5 nitrogen and oxygen atoms in total. The highest BCUT2D eigenvalue weighted by Crippen LogP contribution is 2.20. The van der Waals surface area contributed by atoms with Crippen LogP contribution in [0.15, 0.2) is 58.2 Å². The average Bonchev–Trinajstić information content (AvgIpc) is 2.85. The Kier molecular flexibility index (Phi) is 3.27. The summed E-state index contributed by atoms with van der Waals surface area (Å²) in [4.78, 5) is 17.1. The van der Waals surface area contributed by atoms with Crippen LogP contribution in [0.2, 0.25) is 0 Å². The van der Waals surface area contributed by atoms with Crippen LogP contribution in [0, 0.1) is 0 Å². The summed E-state index contributed by atoms with van der Waals surface area (Å²) in [6, 6.07) is 14.3. The van der Waals surface area contributed by atoms with Crippen LogP contribution < -0.4 is 5.56 Å². The van der Waals surface area contributed by atoms with E-state index in [4.69, 9.17) is 0 Å². The highest BCUT2D eigenvalue weighted by Gasteiger charge is 2.14. The predicted octanol–water partition coefficient (Wildman–Crippen LogP) is 3.09. The van der Waals surface area contributed by atoms with Gasteiger partial charge in [-0.25, -0.2) is 9.67 Å². The minimum atomic E-state index is -0.0945. The SMILES string of the molecule is Cn1nc(Br)c2c(=O)n(Cc3cccc4ccccc34)cnc21. The Morgan fingerprint density at radius 1 is 1.13 bits per heavy atom. The van der Waals surface area contributed by atoms with Gasteiger partial charge in [-0.2, -0.15) is 5.10 Å². The summed E-state index contributed by atoms with van der Waals surface area (Å²) < 4.78 is 3.75. The van der Waals surface area contributed by atoms with Crippen LogP contribution in [0.3, 0.4) is 0 Å². The number of hydrogen-bond donors (Lipinski definition) is 0. The monoisotopic (exact) mass is 368 g/mol. The van der Waals surface area contributed by atoms with E-state index in [1.165, 1.54) is 0 Å². The summed E-state index contributed by atoms with van der Waals surface area (Å²) in [5.41, 5.74) is 1.57. The first-order valence-corrected chi connectivity index (χ1v) is 7.99. The molecule has 0 saturated carbocycles. The Morgan fingerprint density at radius 3 is 2.78 bits per heavy atom. The molecule has 0 N–H and O–H groups in total. The van der Waals surface area contributed by atoms with Crippen molar-refractivity contribution in [3.8, 4) is 0 Å². The summed E-state index contributed by atoms with van der Waals surface area (Å²) >= 11 is 3.34. The van der Waals surface area contributed by atoms with Crippen LogP contribution >= 0.6 is 15.9 Å². The number of rotatable bonds is 2. The van der Waals surface area contributed by atoms with Gasteiger partial charge in [0.05, 0.1) is 6.54 Å². The van der Waals surface area contributed by atoms with Gasteiger partial charge in [-0.1, -0.05) is 42.5 Å². The zero-order valence-electron chi connectivity index (χ0n) is 12.4. The second-order valence-electron chi connectivity index (χ2n) is 5.43. The molecule has 0 aliphatic heterocycles. The molecular weight excluding hydrogens is 356 g/mol. The smallest absolute Gasteiger partial charge is 0.265 e. The van der Waals surface area contributed by atoms with Gasteiger partial charge in [0.2, 0.25) is 0 Å². The van der Waals surface area contributed by atoms with Crippen molar-refractivity contribution in [3.05, 3.63) is 69.3 Å². The summed E-state index contributed by atoms with van der Waals surface area (Å²) in [5, 5.41) is 7.02. The van der Waals surface area contributed by atoms with Gasteiger partial charge in [-0.05, 0) is 32.3 Å². The maximum absolute atomic E-state index is 12.7. The van der Waals surface area contributed by atoms with E-state index < -0.39 is 0 Å². The predicted molar refractivity (Wildman–Crippen MR) is 93.5 cm³/mol. The molecular formula is C17H13BrN4O. The van der Waals surface area contributed by atoms with Crippen molar-refractivity contribution in [3.63, 3.8) is 0 Å². The molecule has 0 atom stereocenters. The normalized spacial score (nSPS) is 11.4. The number of aryl methyl sites for hydroxylation is 1. The van der Waals surface area contributed by atoms with Gasteiger partial charge >= 0.3 is 0 Å². The quantitative estimate of drug-likeness (QED) is 0.546. The number of nitrogens with zero attached hydrogens (tertiary/aromatic N) is 4. The molecule has 4 aromatic rings. The van der Waals surface area contributed by atoms with Crippen LogP contribution in [0.25, 0.3) is 21.8 Å². The molecule has 0 fully saturated rings. The Hall–Kier alpha value is -2.47. The zero-order valence-corrected chi connectivity index (χ0v) is 14.0. The van der Waals surface area contributed by atoms with Crippen molar-refractivity contribution in [2.75, 3.05) is 0 Å². The molecule has 6 heteroatoms. The lowest BCUT2D eigenvalue weighted by Crippen LogP contribution is -2.21. The van der Waals surface area contributed by atoms with E-state index in [0.717, 1.165) is 16.3 Å². The molecule has 0 amide bonds. The molecule has 0 aliphatic carbocycles. The highest BCUT2D eigenvalue weighted by atomic mass is 79.9. The van der Waals surface area contributed by atoms with E-state index in [0.29, 0.717) is 22.2 Å². The lowest BCUT2D eigenvalue weighted by molar-refractivity contribution is 0.740. The molecule has 0 aliphatic rings. The van der Waals surface area contributed by atoms with E-state index in [2.05, 4.69) is 44.2 Å². The zero-order chi connectivity index (χ0) is 16.0. The fourth-order valence-corrected chi connectivity index (χ4v) is 3.45. The summed E-state index contributed by atoms with van der Waals surface area (Å²) in [7, 11) is 1.77. The van der Waals surface area contributed by atoms with Crippen LogP contribution in [0.1, 0.15) is 5.56 Å². The van der Waals surface area contributed by atoms with Crippen LogP contribution in [-0.2, 0) is 13.6 Å². The van der Waals surface area contributed by atoms with E-state index in [1.54, 1.807) is 22.6 Å². The number of aromatic nitrogens is 4. The minimum absolute atomic E-state index is 0.0945. The average molecular weight is 369 g/mol. The number of benzene rings is 2. The molecule has 4 rings (SSSR count). The topological polar surface area (TPSA) is 52.7 Å². The Morgan fingerprint density at radius 2 is 1.91 bits per heavy atom. The van der Waals surface area contributed by atoms with Crippen molar-refractivity contribution in [1.82, 2.24) is 19.3 Å². The third-order valence-corrected chi connectivity index (χ3v) is 4.54. The molecule has 0 unspecified atom stereocenters. The van der Waals surface area contributed by atoms with Gasteiger partial charge in [-0.15, -0.1) is 0 Å². The fraction of sp³-hybridized carbons (Fsp3) is 0.118. The van der Waals surface area contributed by atoms with Gasteiger partial charge in [-0.3, -0.25) is 9.36 Å². The van der Waals surface area contributed by atoms with Crippen LogP contribution in [0.4, 0.5) is 0 Å². The van der Waals surface area contributed by atoms with Gasteiger partial charge in [0.25, 0.3) is 5.56 Å². The van der Waals surface area contributed by atoms with Crippen LogP contribution in [0.5, 0.6) is 0 Å². The first kappa shape index (κ1) is 14.1. The Balaban J connectivity index is 1.88. The second-order valence-corrected chi connectivity index (χ2v) is 6.18. The Bertz CT molecular complexity index is 1090. The van der Waals surface area contributed by atoms with Crippen molar-refractivity contribution in [2.45, 2.75) is 6.54 Å². The maximum Gasteiger partial charge on any atom is 0.265 e. The molecule has 0 spiro atoms. The molecule has 23 heavy (non-hydrogen) atoms. The number of halogens is 1. The fourth-order valence-electron chi connectivity index (χ4n) is 2.86. The number of fused-ring (bicyclic) bond motifs is 2. The molecule has 2 aromatic carbocycles. The van der Waals surface area contributed by atoms with E-state index >= 15 is 0 Å². The van der Waals surface area contributed by atoms with Crippen LogP contribution in [-0.4, -0.2) is 19.3 Å². The molecule has 2 aromatic heterocycles. The molecule has 0 saturated heterocycles. The van der Waals surface area contributed by atoms with Gasteiger partial charge < -0.3 is 0 Å². The third kappa shape index (κ3) is 2.26. The molecule has 0 radical (unpaired) electrons. The van der Waals surface area contributed by atoms with Crippen molar-refractivity contribution < 1.29 is 0 Å². The summed E-state index contributed by atoms with van der Waals surface area (Å²) in [6.45, 7) is 0.477. The van der Waals surface area contributed by atoms with Gasteiger partial charge in [0.1, 0.15) is 16.3 Å². The van der Waals surface area contributed by atoms with E-state index in [9.17, 15) is 4.79 Å². The van der Waals surface area contributed by atoms with E-state index in [1.807, 2.05) is 24.3 Å². The molecule has 2 heterocycles. The first-order valence-electron chi connectivity index (χ1n) is 7.19. The van der Waals surface area contributed by atoms with Crippen molar-refractivity contribution in [1.29, 1.82) is 0 Å². The maximum atomic E-state index is 12.7. The van der Waals surface area contributed by atoms with E-state index in [-0.39, 0.29) is 5.56 Å². The molecule has 114 valence electrons. The lowest BCUT2D eigenvalue weighted by atomic mass is 10.0. The van der Waals surface area contributed by atoms with Crippen molar-refractivity contribution in [2.24, 2.45) is 7.05 Å². The molecule has 0 bridgehead atoms. The van der Waals surface area contributed by atoms with Gasteiger partial charge in [0.15, 0.2) is 5.65 Å². The summed E-state index contributed by atoms with van der Waals surface area (Å²) in [6.07, 6.45) is 1.58. The van der Waals surface area contributed by atoms with Gasteiger partial charge in [0, 0.05) is 7.05 Å². The van der Waals surface area contributed by atoms with Crippen molar-refractivity contribution >= 4 is 37.7 Å². The second kappa shape index (κ2) is 5.31.